The summed E-state index contributed by atoms with van der Waals surface area (Å²) in [6, 6.07) is 4.50. The van der Waals surface area contributed by atoms with Gasteiger partial charge in [0.15, 0.2) is 16.0 Å². The Bertz CT molecular complexity index is 900. The van der Waals surface area contributed by atoms with Gasteiger partial charge >= 0.3 is 5.91 Å². The van der Waals surface area contributed by atoms with Gasteiger partial charge in [-0.25, -0.2) is 8.42 Å². The van der Waals surface area contributed by atoms with Crippen LogP contribution in [-0.2, 0) is 9.84 Å². The predicted molar refractivity (Wildman–Crippen MR) is 87.6 cm³/mol. The lowest BCUT2D eigenvalue weighted by Crippen LogP contribution is -2.43. The highest BCUT2D eigenvalue weighted by Gasteiger charge is 2.26. The number of nitrogens with zero attached hydrogens (tertiary/aromatic N) is 1. The van der Waals surface area contributed by atoms with Gasteiger partial charge in [0.2, 0.25) is 0 Å². The van der Waals surface area contributed by atoms with Crippen LogP contribution < -0.4 is 10.0 Å². The molecular formula is C15H14N2O4S2. The summed E-state index contributed by atoms with van der Waals surface area (Å²) in [5.74, 6) is -0.774. The van der Waals surface area contributed by atoms with E-state index in [4.69, 9.17) is 0 Å². The molecule has 0 saturated heterocycles. The molecule has 0 spiro atoms. The molecule has 8 heteroatoms. The van der Waals surface area contributed by atoms with Crippen LogP contribution in [-0.4, -0.2) is 26.1 Å². The van der Waals surface area contributed by atoms with Gasteiger partial charge in [-0.05, 0) is 36.1 Å². The minimum atomic E-state index is -3.25. The van der Waals surface area contributed by atoms with Crippen LogP contribution in [0.1, 0.15) is 15.4 Å². The summed E-state index contributed by atoms with van der Waals surface area (Å²) in [6.45, 7) is 1.98. The molecule has 0 fully saturated rings. The van der Waals surface area contributed by atoms with E-state index in [1.54, 1.807) is 17.4 Å². The van der Waals surface area contributed by atoms with Crippen LogP contribution in [0, 0.1) is 12.1 Å². The number of amides is 1. The average molecular weight is 350 g/mol. The third-order valence-corrected chi connectivity index (χ3v) is 5.71. The molecule has 2 aromatic rings. The molecular weight excluding hydrogens is 336 g/mol. The second kappa shape index (κ2) is 5.78. The number of aryl methyl sites for hydroxylation is 1. The minimum absolute atomic E-state index is 0.0709. The molecule has 0 saturated carbocycles. The minimum Gasteiger partial charge on any atom is -0.618 e. The maximum atomic E-state index is 12.1. The Morgan fingerprint density at radius 2 is 2.17 bits per heavy atom. The van der Waals surface area contributed by atoms with E-state index in [2.05, 4.69) is 5.32 Å². The van der Waals surface area contributed by atoms with E-state index in [9.17, 15) is 18.4 Å². The van der Waals surface area contributed by atoms with Gasteiger partial charge in [0, 0.05) is 21.9 Å². The zero-order valence-corrected chi connectivity index (χ0v) is 13.9. The van der Waals surface area contributed by atoms with Crippen LogP contribution in [0.3, 0.4) is 0 Å². The van der Waals surface area contributed by atoms with Crippen LogP contribution >= 0.6 is 11.3 Å². The molecule has 0 bridgehead atoms. The number of carbonyl (C=O) groups excluding carboxylic acids is 1. The molecule has 120 valence electrons. The maximum absolute atomic E-state index is 12.1. The van der Waals surface area contributed by atoms with Crippen molar-refractivity contribution in [2.45, 2.75) is 13.0 Å². The summed E-state index contributed by atoms with van der Waals surface area (Å²) in [6.07, 6.45) is 2.75. The van der Waals surface area contributed by atoms with Crippen molar-refractivity contribution in [2.24, 2.45) is 0 Å². The van der Waals surface area contributed by atoms with Crippen molar-refractivity contribution in [3.05, 3.63) is 57.0 Å². The predicted octanol–water partition coefficient (Wildman–Crippen LogP) is 1.40. The number of pyridine rings is 1. The SMILES string of the molecule is Cc1cc(-c2ccc(C(=O)N[C@@H]3C=CS(=O)(=O)C3)[n+]([O-])c2)cs1. The van der Waals surface area contributed by atoms with E-state index in [0.29, 0.717) is 4.73 Å². The summed E-state index contributed by atoms with van der Waals surface area (Å²) in [5.41, 5.74) is 1.58. The van der Waals surface area contributed by atoms with Gasteiger partial charge in [0.05, 0.1) is 11.8 Å². The van der Waals surface area contributed by atoms with Crippen LogP contribution in [0.15, 0.2) is 41.3 Å². The van der Waals surface area contributed by atoms with Crippen molar-refractivity contribution >= 4 is 27.1 Å². The lowest BCUT2D eigenvalue weighted by atomic mass is 10.1. The van der Waals surface area contributed by atoms with Gasteiger partial charge in [-0.2, -0.15) is 4.73 Å². The van der Waals surface area contributed by atoms with Crippen molar-refractivity contribution in [1.29, 1.82) is 0 Å². The Labute approximate surface area is 137 Å². The largest absolute Gasteiger partial charge is 0.618 e. The fourth-order valence-corrected chi connectivity index (χ4v) is 4.28. The van der Waals surface area contributed by atoms with Crippen LogP contribution in [0.5, 0.6) is 0 Å². The maximum Gasteiger partial charge on any atom is 0.317 e. The molecule has 2 aromatic heterocycles. The molecule has 0 aromatic carbocycles. The van der Waals surface area contributed by atoms with Crippen molar-refractivity contribution in [3.8, 4) is 11.1 Å². The monoisotopic (exact) mass is 350 g/mol. The van der Waals surface area contributed by atoms with Crippen LogP contribution in [0.25, 0.3) is 11.1 Å². The first-order valence-corrected chi connectivity index (χ1v) is 9.44. The molecule has 1 amide bonds. The third-order valence-electron chi connectivity index (χ3n) is 3.46. The van der Waals surface area contributed by atoms with E-state index in [1.165, 1.54) is 18.3 Å². The Morgan fingerprint density at radius 3 is 2.74 bits per heavy atom. The van der Waals surface area contributed by atoms with Crippen LogP contribution in [0.4, 0.5) is 0 Å². The summed E-state index contributed by atoms with van der Waals surface area (Å²) in [4.78, 5) is 13.3. The molecule has 1 N–H and O–H groups in total. The summed E-state index contributed by atoms with van der Waals surface area (Å²) >= 11 is 1.58. The molecule has 0 radical (unpaired) electrons. The highest BCUT2D eigenvalue weighted by Crippen LogP contribution is 2.24. The number of thiophene rings is 1. The van der Waals surface area contributed by atoms with E-state index < -0.39 is 21.8 Å². The van der Waals surface area contributed by atoms with Crippen molar-refractivity contribution in [3.63, 3.8) is 0 Å². The Morgan fingerprint density at radius 1 is 1.39 bits per heavy atom. The Kier molecular flexibility index (Phi) is 3.95. The first-order chi connectivity index (χ1) is 10.8. The quantitative estimate of drug-likeness (QED) is 0.669. The van der Waals surface area contributed by atoms with E-state index in [-0.39, 0.29) is 11.4 Å². The first kappa shape index (κ1) is 15.7. The van der Waals surface area contributed by atoms with Crippen LogP contribution in [0.2, 0.25) is 0 Å². The highest BCUT2D eigenvalue weighted by atomic mass is 32.2. The van der Waals surface area contributed by atoms with E-state index in [0.717, 1.165) is 21.4 Å². The number of hydrogen-bond donors (Lipinski definition) is 1. The smallest absolute Gasteiger partial charge is 0.317 e. The molecule has 1 aliphatic heterocycles. The number of aromatic nitrogens is 1. The van der Waals surface area contributed by atoms with E-state index >= 15 is 0 Å². The number of hydrogen-bond acceptors (Lipinski definition) is 5. The molecule has 0 unspecified atom stereocenters. The second-order valence-corrected chi connectivity index (χ2v) is 8.36. The number of nitrogens with one attached hydrogen (secondary N) is 1. The molecule has 1 aliphatic rings. The lowest BCUT2D eigenvalue weighted by molar-refractivity contribution is -0.607. The van der Waals surface area contributed by atoms with E-state index in [1.807, 2.05) is 18.4 Å². The van der Waals surface area contributed by atoms with Gasteiger partial charge in [0.1, 0.15) is 0 Å². The zero-order valence-electron chi connectivity index (χ0n) is 12.2. The van der Waals surface area contributed by atoms with Gasteiger partial charge in [0.25, 0.3) is 5.69 Å². The third kappa shape index (κ3) is 3.43. The Balaban J connectivity index is 1.78. The van der Waals surface area contributed by atoms with Crippen molar-refractivity contribution in [2.75, 3.05) is 5.75 Å². The van der Waals surface area contributed by atoms with Gasteiger partial charge in [-0.1, -0.05) is 0 Å². The van der Waals surface area contributed by atoms with Gasteiger partial charge < -0.3 is 10.5 Å². The number of rotatable bonds is 3. The summed E-state index contributed by atoms with van der Waals surface area (Å²) in [7, 11) is -3.25. The average Bonchev–Trinajstić information content (AvgIpc) is 3.04. The lowest BCUT2D eigenvalue weighted by Gasteiger charge is -2.10. The topological polar surface area (TPSA) is 90.2 Å². The molecule has 23 heavy (non-hydrogen) atoms. The molecule has 1 atom stereocenters. The Hall–Kier alpha value is -2.19. The first-order valence-electron chi connectivity index (χ1n) is 6.85. The fraction of sp³-hybridized carbons (Fsp3) is 0.200. The fourth-order valence-electron chi connectivity index (χ4n) is 2.33. The highest BCUT2D eigenvalue weighted by molar-refractivity contribution is 7.94. The van der Waals surface area contributed by atoms with Gasteiger partial charge in [-0.15, -0.1) is 11.3 Å². The van der Waals surface area contributed by atoms with Gasteiger partial charge in [-0.3, -0.25) is 4.79 Å². The zero-order chi connectivity index (χ0) is 16.6. The second-order valence-electron chi connectivity index (χ2n) is 5.31. The molecule has 6 nitrogen and oxygen atoms in total. The molecule has 3 heterocycles. The summed E-state index contributed by atoms with van der Waals surface area (Å²) < 4.78 is 23.2. The number of sulfone groups is 1. The normalized spacial score (nSPS) is 18.9. The number of carbonyl (C=O) groups is 1. The van der Waals surface area contributed by atoms with Crippen molar-refractivity contribution < 1.29 is 17.9 Å². The molecule has 3 rings (SSSR count). The van der Waals surface area contributed by atoms with Crippen molar-refractivity contribution in [1.82, 2.24) is 5.32 Å². The standard InChI is InChI=1S/C15H14N2O4S2/c1-10-6-12(8-22-10)11-2-3-14(17(19)7-11)15(18)16-13-4-5-23(20,21)9-13/h2-8,13H,9H2,1H3,(H,16,18)/t13-/m1/s1. The summed E-state index contributed by atoms with van der Waals surface area (Å²) in [5, 5.41) is 17.6. The molecule has 0 aliphatic carbocycles.